The molecule has 0 radical (unpaired) electrons. The van der Waals surface area contributed by atoms with Gasteiger partial charge in [-0.05, 0) is 37.3 Å². The molecule has 0 aromatic heterocycles. The highest BCUT2D eigenvalue weighted by Gasteiger charge is 2.19. The Morgan fingerprint density at radius 3 is 2.36 bits per heavy atom. The third kappa shape index (κ3) is 3.38. The zero-order valence-electron chi connectivity index (χ0n) is 12.4. The lowest BCUT2D eigenvalue weighted by molar-refractivity contribution is -0.111. The van der Waals surface area contributed by atoms with Crippen LogP contribution in [-0.2, 0) is 4.79 Å². The summed E-state index contributed by atoms with van der Waals surface area (Å²) in [5.74, 6) is -0.480. The van der Waals surface area contributed by atoms with Crippen LogP contribution in [0.3, 0.4) is 0 Å². The zero-order valence-corrected chi connectivity index (χ0v) is 12.4. The molecule has 114 valence electrons. The van der Waals surface area contributed by atoms with E-state index in [1.807, 2.05) is 18.2 Å². The van der Waals surface area contributed by atoms with Gasteiger partial charge in [-0.15, -0.1) is 0 Å². The summed E-state index contributed by atoms with van der Waals surface area (Å²) in [5, 5.41) is 25.3. The smallest absolute Gasteiger partial charge is 0.258 e. The molecule has 0 atom stereocenters. The zero-order chi connectivity index (χ0) is 16.1. The summed E-state index contributed by atoms with van der Waals surface area (Å²) in [6.45, 7) is 1.73. The predicted molar refractivity (Wildman–Crippen MR) is 86.5 cm³/mol. The number of anilines is 1. The molecule has 2 aromatic carbocycles. The summed E-state index contributed by atoms with van der Waals surface area (Å²) in [6.07, 6.45) is 0. The molecule has 0 fully saturated rings. The third-order valence-corrected chi connectivity index (χ3v) is 3.26. The van der Waals surface area contributed by atoms with Gasteiger partial charge in [0.15, 0.2) is 0 Å². The second-order valence-electron chi connectivity index (χ2n) is 4.77. The van der Waals surface area contributed by atoms with Gasteiger partial charge < -0.3 is 20.8 Å². The molecule has 5 heteroatoms. The molecule has 0 aliphatic rings. The van der Waals surface area contributed by atoms with Gasteiger partial charge in [-0.2, -0.15) is 0 Å². The van der Waals surface area contributed by atoms with E-state index in [1.54, 1.807) is 26.1 Å². The van der Waals surface area contributed by atoms with Crippen molar-refractivity contribution < 1.29 is 15.0 Å². The number of carbonyl (C=O) groups is 1. The molecule has 5 nitrogen and oxygen atoms in total. The van der Waals surface area contributed by atoms with E-state index < -0.39 is 0 Å². The first-order valence-electron chi connectivity index (χ1n) is 6.80. The number of benzene rings is 2. The summed E-state index contributed by atoms with van der Waals surface area (Å²) in [7, 11) is 1.69. The molecular weight excluding hydrogens is 280 g/mol. The molecule has 0 saturated carbocycles. The van der Waals surface area contributed by atoms with Crippen molar-refractivity contribution in [1.82, 2.24) is 5.32 Å². The van der Waals surface area contributed by atoms with E-state index in [9.17, 15) is 15.0 Å². The minimum Gasteiger partial charge on any atom is -0.508 e. The van der Waals surface area contributed by atoms with E-state index in [2.05, 4.69) is 10.6 Å². The number of hydrogen-bond donors (Lipinski definition) is 4. The van der Waals surface area contributed by atoms with Crippen molar-refractivity contribution in [2.75, 3.05) is 12.4 Å². The molecule has 0 bridgehead atoms. The summed E-state index contributed by atoms with van der Waals surface area (Å²) in [6, 6.07) is 13.1. The van der Waals surface area contributed by atoms with Crippen molar-refractivity contribution in [3.8, 4) is 11.5 Å². The van der Waals surface area contributed by atoms with Gasteiger partial charge >= 0.3 is 0 Å². The molecule has 0 aliphatic carbocycles. The Morgan fingerprint density at radius 2 is 1.73 bits per heavy atom. The monoisotopic (exact) mass is 298 g/mol. The van der Waals surface area contributed by atoms with Crippen LogP contribution in [0.25, 0.3) is 5.57 Å². The Labute approximate surface area is 128 Å². The Bertz CT molecular complexity index is 709. The van der Waals surface area contributed by atoms with Crippen LogP contribution in [0, 0.1) is 0 Å². The van der Waals surface area contributed by atoms with E-state index in [4.69, 9.17) is 0 Å². The van der Waals surface area contributed by atoms with E-state index in [-0.39, 0.29) is 28.5 Å². The van der Waals surface area contributed by atoms with Gasteiger partial charge in [0.1, 0.15) is 11.5 Å². The maximum absolute atomic E-state index is 12.6. The van der Waals surface area contributed by atoms with Crippen molar-refractivity contribution >= 4 is 17.2 Å². The molecule has 2 rings (SSSR count). The van der Waals surface area contributed by atoms with Gasteiger partial charge in [-0.3, -0.25) is 4.79 Å². The molecule has 0 heterocycles. The van der Waals surface area contributed by atoms with Crippen molar-refractivity contribution in [2.24, 2.45) is 0 Å². The van der Waals surface area contributed by atoms with Crippen molar-refractivity contribution in [3.63, 3.8) is 0 Å². The lowest BCUT2D eigenvalue weighted by atomic mass is 10.0. The second kappa shape index (κ2) is 6.67. The number of phenols is 2. The molecule has 0 unspecified atom stereocenters. The van der Waals surface area contributed by atoms with Crippen LogP contribution in [0.1, 0.15) is 12.5 Å². The third-order valence-electron chi connectivity index (χ3n) is 3.26. The van der Waals surface area contributed by atoms with Crippen LogP contribution in [0.4, 0.5) is 5.69 Å². The quantitative estimate of drug-likeness (QED) is 0.517. The molecule has 2 aromatic rings. The van der Waals surface area contributed by atoms with E-state index >= 15 is 0 Å². The number of allylic oxidation sites excluding steroid dienone is 1. The second-order valence-corrected chi connectivity index (χ2v) is 4.77. The number of rotatable bonds is 4. The normalized spacial score (nSPS) is 11.5. The number of para-hydroxylation sites is 1. The Hall–Kier alpha value is -2.95. The fourth-order valence-corrected chi connectivity index (χ4v) is 2.06. The van der Waals surface area contributed by atoms with Gasteiger partial charge in [0.25, 0.3) is 5.91 Å². The minimum atomic E-state index is -0.376. The molecular formula is C17H18N2O3. The Morgan fingerprint density at radius 1 is 1.05 bits per heavy atom. The highest BCUT2D eigenvalue weighted by molar-refractivity contribution is 6.26. The first-order valence-corrected chi connectivity index (χ1v) is 6.80. The molecule has 22 heavy (non-hydrogen) atoms. The fourth-order valence-electron chi connectivity index (χ4n) is 2.06. The molecule has 0 saturated heterocycles. The number of nitrogens with one attached hydrogen (secondary N) is 2. The standard InChI is InChI=1S/C17H18N2O3/c1-11(18-2)16(14-10-13(20)8-9-15(14)21)17(22)19-12-6-4-3-5-7-12/h3-10,18,20-21H,1-2H3,(H,19,22). The summed E-state index contributed by atoms with van der Waals surface area (Å²) < 4.78 is 0. The SMILES string of the molecule is CNC(C)=C(C(=O)Nc1ccccc1)c1cc(O)ccc1O. The molecule has 0 aliphatic heterocycles. The molecule has 0 spiro atoms. The summed E-state index contributed by atoms with van der Waals surface area (Å²) in [4.78, 5) is 12.6. The predicted octanol–water partition coefficient (Wildman–Crippen LogP) is 2.69. The van der Waals surface area contributed by atoms with E-state index in [0.717, 1.165) is 0 Å². The highest BCUT2D eigenvalue weighted by atomic mass is 16.3. The molecule has 1 amide bonds. The van der Waals surface area contributed by atoms with Gasteiger partial charge in [0.2, 0.25) is 0 Å². The molecule has 4 N–H and O–H groups in total. The van der Waals surface area contributed by atoms with Crippen LogP contribution in [-0.4, -0.2) is 23.2 Å². The first-order chi connectivity index (χ1) is 10.5. The van der Waals surface area contributed by atoms with Crippen molar-refractivity contribution in [1.29, 1.82) is 0 Å². The average molecular weight is 298 g/mol. The van der Waals surface area contributed by atoms with Crippen LogP contribution in [0.2, 0.25) is 0 Å². The van der Waals surface area contributed by atoms with Gasteiger partial charge in [0.05, 0.1) is 5.57 Å². The number of amides is 1. The lowest BCUT2D eigenvalue weighted by Crippen LogP contribution is -2.18. The van der Waals surface area contributed by atoms with Crippen LogP contribution < -0.4 is 10.6 Å². The van der Waals surface area contributed by atoms with Crippen molar-refractivity contribution in [3.05, 3.63) is 59.8 Å². The van der Waals surface area contributed by atoms with Gasteiger partial charge in [-0.1, -0.05) is 18.2 Å². The fraction of sp³-hybridized carbons (Fsp3) is 0.118. The van der Waals surface area contributed by atoms with E-state index in [1.165, 1.54) is 18.2 Å². The number of hydrogen-bond acceptors (Lipinski definition) is 4. The Kier molecular flexibility index (Phi) is 4.68. The maximum atomic E-state index is 12.6. The number of carbonyl (C=O) groups excluding carboxylic acids is 1. The topological polar surface area (TPSA) is 81.6 Å². The number of aromatic hydroxyl groups is 2. The summed E-state index contributed by atoms with van der Waals surface area (Å²) in [5.41, 5.74) is 1.75. The van der Waals surface area contributed by atoms with Gasteiger partial charge in [-0.25, -0.2) is 0 Å². The lowest BCUT2D eigenvalue weighted by Gasteiger charge is -2.14. The largest absolute Gasteiger partial charge is 0.508 e. The van der Waals surface area contributed by atoms with Crippen LogP contribution >= 0.6 is 0 Å². The van der Waals surface area contributed by atoms with E-state index in [0.29, 0.717) is 11.4 Å². The van der Waals surface area contributed by atoms with Crippen molar-refractivity contribution in [2.45, 2.75) is 6.92 Å². The highest BCUT2D eigenvalue weighted by Crippen LogP contribution is 2.31. The van der Waals surface area contributed by atoms with Gasteiger partial charge in [0, 0.05) is 24.0 Å². The van der Waals surface area contributed by atoms with Crippen LogP contribution in [0.15, 0.2) is 54.2 Å². The Balaban J connectivity index is 2.44. The first kappa shape index (κ1) is 15.4. The summed E-state index contributed by atoms with van der Waals surface area (Å²) >= 11 is 0. The number of phenolic OH excluding ortho intramolecular Hbond substituents is 2. The minimum absolute atomic E-state index is 0.0262. The average Bonchev–Trinajstić information content (AvgIpc) is 2.51. The maximum Gasteiger partial charge on any atom is 0.258 e. The van der Waals surface area contributed by atoms with Crippen LogP contribution in [0.5, 0.6) is 11.5 Å².